The van der Waals surface area contributed by atoms with E-state index in [2.05, 4.69) is 20.3 Å². The van der Waals surface area contributed by atoms with Crippen molar-refractivity contribution in [3.63, 3.8) is 0 Å². The number of carbonyl (C=O) groups excluding carboxylic acids is 2. The minimum atomic E-state index is -2.82. The van der Waals surface area contributed by atoms with Gasteiger partial charge in [0.25, 0.3) is 6.43 Å². The van der Waals surface area contributed by atoms with Crippen molar-refractivity contribution in [1.82, 2.24) is 29.7 Å². The summed E-state index contributed by atoms with van der Waals surface area (Å²) in [5.74, 6) is 0.0229. The molecular weight excluding hydrogens is 564 g/mol. The number of para-hydroxylation sites is 2. The number of benzene rings is 1. The minimum absolute atomic E-state index is 0.0210. The third-order valence-electron chi connectivity index (χ3n) is 8.09. The van der Waals surface area contributed by atoms with E-state index >= 15 is 0 Å². The highest BCUT2D eigenvalue weighted by Gasteiger charge is 2.30. The molecule has 3 aliphatic rings. The number of aromatic nitrogens is 4. The predicted molar refractivity (Wildman–Crippen MR) is 151 cm³/mol. The Labute approximate surface area is 247 Å². The average Bonchev–Trinajstić information content (AvgIpc) is 3.45. The maximum atomic E-state index is 14.1. The Hall–Kier alpha value is -3.91. The second kappa shape index (κ2) is 13.2. The molecule has 1 aromatic carbocycles. The van der Waals surface area contributed by atoms with Gasteiger partial charge < -0.3 is 29.3 Å². The lowest BCUT2D eigenvalue weighted by Gasteiger charge is -2.30. The van der Waals surface area contributed by atoms with Gasteiger partial charge >= 0.3 is 0 Å². The minimum Gasteiger partial charge on any atom is -0.474 e. The Morgan fingerprint density at radius 1 is 0.953 bits per heavy atom. The van der Waals surface area contributed by atoms with Crippen molar-refractivity contribution in [2.45, 2.75) is 38.2 Å². The van der Waals surface area contributed by atoms with E-state index in [1.54, 1.807) is 35.2 Å². The number of halogens is 2. The number of amides is 2. The molecule has 0 unspecified atom stereocenters. The normalized spacial score (nSPS) is 21.3. The van der Waals surface area contributed by atoms with Gasteiger partial charge in [0.1, 0.15) is 11.9 Å². The molecule has 2 saturated heterocycles. The molecule has 6 rings (SSSR count). The van der Waals surface area contributed by atoms with Crippen LogP contribution in [0.2, 0.25) is 0 Å². The van der Waals surface area contributed by atoms with Gasteiger partial charge in [-0.25, -0.2) is 13.8 Å². The molecule has 3 fully saturated rings. The lowest BCUT2D eigenvalue weighted by atomic mass is 9.87. The molecule has 43 heavy (non-hydrogen) atoms. The van der Waals surface area contributed by atoms with Gasteiger partial charge in [-0.05, 0) is 37.8 Å². The number of carbonyl (C=O) groups is 2. The molecule has 0 spiro atoms. The first kappa shape index (κ1) is 29.2. The van der Waals surface area contributed by atoms with Gasteiger partial charge in [0, 0.05) is 38.2 Å². The van der Waals surface area contributed by atoms with Crippen molar-refractivity contribution in [3.8, 4) is 11.7 Å². The zero-order valence-corrected chi connectivity index (χ0v) is 23.8. The van der Waals surface area contributed by atoms with Crippen LogP contribution < -0.4 is 15.0 Å². The van der Waals surface area contributed by atoms with Crippen LogP contribution in [0.5, 0.6) is 5.88 Å². The van der Waals surface area contributed by atoms with Crippen molar-refractivity contribution >= 4 is 28.8 Å². The van der Waals surface area contributed by atoms with Crippen LogP contribution in [-0.2, 0) is 19.1 Å². The summed E-state index contributed by atoms with van der Waals surface area (Å²) in [6.07, 6.45) is -0.621. The summed E-state index contributed by atoms with van der Waals surface area (Å²) in [6, 6.07) is 8.50. The highest BCUT2D eigenvalue weighted by molar-refractivity contribution is 5.86. The largest absolute Gasteiger partial charge is 0.474 e. The van der Waals surface area contributed by atoms with Gasteiger partial charge in [-0.2, -0.15) is 9.97 Å². The first-order chi connectivity index (χ1) is 21.0. The van der Waals surface area contributed by atoms with E-state index < -0.39 is 12.2 Å². The summed E-state index contributed by atoms with van der Waals surface area (Å²) in [6.45, 7) is 4.20. The van der Waals surface area contributed by atoms with Crippen LogP contribution in [0, 0.1) is 5.92 Å². The van der Waals surface area contributed by atoms with E-state index in [1.807, 2.05) is 4.90 Å². The van der Waals surface area contributed by atoms with Crippen molar-refractivity contribution in [2.24, 2.45) is 5.92 Å². The number of rotatable bonds is 8. The number of hydrogen-bond donors (Lipinski definition) is 1. The molecule has 12 nitrogen and oxygen atoms in total. The third kappa shape index (κ3) is 6.69. The molecule has 14 heteroatoms. The molecule has 0 atom stereocenters. The van der Waals surface area contributed by atoms with Gasteiger partial charge in [0.05, 0.1) is 44.0 Å². The fourth-order valence-electron chi connectivity index (χ4n) is 5.76. The molecule has 2 amide bonds. The van der Waals surface area contributed by atoms with E-state index in [0.29, 0.717) is 95.3 Å². The highest BCUT2D eigenvalue weighted by atomic mass is 19.3. The Kier molecular flexibility index (Phi) is 8.93. The molecule has 3 aromatic rings. The van der Waals surface area contributed by atoms with Crippen LogP contribution in [0.25, 0.3) is 16.9 Å². The molecule has 2 aliphatic heterocycles. The van der Waals surface area contributed by atoms with Crippen LogP contribution in [-0.4, -0.2) is 101 Å². The van der Waals surface area contributed by atoms with Gasteiger partial charge in [-0.15, -0.1) is 0 Å². The summed E-state index contributed by atoms with van der Waals surface area (Å²) in [5.41, 5.74) is 0.948. The number of hydrogen-bond acceptors (Lipinski definition) is 9. The molecule has 0 bridgehead atoms. The summed E-state index contributed by atoms with van der Waals surface area (Å²) < 4.78 is 46.7. The summed E-state index contributed by atoms with van der Waals surface area (Å²) in [4.78, 5) is 42.3. The highest BCUT2D eigenvalue weighted by Crippen LogP contribution is 2.32. The first-order valence-corrected chi connectivity index (χ1v) is 14.7. The third-order valence-corrected chi connectivity index (χ3v) is 8.09. The number of ether oxygens (including phenoxy) is 3. The van der Waals surface area contributed by atoms with Crippen LogP contribution in [0.3, 0.4) is 0 Å². The number of nitrogens with zero attached hydrogens (tertiary/aromatic N) is 6. The fraction of sp³-hybridized carbons (Fsp3) is 0.552. The van der Waals surface area contributed by atoms with E-state index in [0.717, 1.165) is 0 Å². The molecular formula is C29H35F2N7O5. The lowest BCUT2D eigenvalue weighted by Crippen LogP contribution is -2.46. The molecule has 2 aromatic heterocycles. The van der Waals surface area contributed by atoms with Crippen molar-refractivity contribution in [3.05, 3.63) is 36.2 Å². The van der Waals surface area contributed by atoms with Crippen LogP contribution >= 0.6 is 0 Å². The van der Waals surface area contributed by atoms with Crippen molar-refractivity contribution in [2.75, 3.05) is 64.1 Å². The molecule has 4 heterocycles. The number of anilines is 1. The van der Waals surface area contributed by atoms with Crippen molar-refractivity contribution < 1.29 is 32.6 Å². The summed E-state index contributed by atoms with van der Waals surface area (Å²) >= 11 is 0. The van der Waals surface area contributed by atoms with Crippen molar-refractivity contribution in [1.29, 1.82) is 0 Å². The Balaban J connectivity index is 1.16. The summed E-state index contributed by atoms with van der Waals surface area (Å²) in [7, 11) is 0. The van der Waals surface area contributed by atoms with E-state index in [4.69, 9.17) is 14.2 Å². The van der Waals surface area contributed by atoms with Gasteiger partial charge in [0.15, 0.2) is 5.82 Å². The quantitative estimate of drug-likeness (QED) is 0.416. The number of alkyl halides is 2. The fourth-order valence-corrected chi connectivity index (χ4v) is 5.76. The zero-order chi connectivity index (χ0) is 29.8. The van der Waals surface area contributed by atoms with E-state index in [1.165, 1.54) is 4.57 Å². The molecule has 1 saturated carbocycles. The van der Waals surface area contributed by atoms with Gasteiger partial charge in [-0.3, -0.25) is 14.2 Å². The van der Waals surface area contributed by atoms with Gasteiger partial charge in [-0.1, -0.05) is 12.1 Å². The molecule has 230 valence electrons. The number of morpholine rings is 2. The standard InChI is InChI=1S/C29H35F2N7O5/c30-26(31)27-33-21-3-1-2-4-22(21)38(27)23-17-24(35-29(34-23)37-11-15-42-16-12-37)43-20-7-5-19(6-8-20)28(40)32-18-25(39)36-9-13-41-14-10-36/h1-4,17,19-20,26H,5-16,18H2,(H,32,40)/t19-,20-. The summed E-state index contributed by atoms with van der Waals surface area (Å²) in [5, 5.41) is 2.79. The van der Waals surface area contributed by atoms with E-state index in [9.17, 15) is 18.4 Å². The number of imidazole rings is 1. The molecule has 1 aliphatic carbocycles. The number of fused-ring (bicyclic) bond motifs is 1. The Morgan fingerprint density at radius 2 is 1.65 bits per heavy atom. The Bertz CT molecular complexity index is 1430. The first-order valence-electron chi connectivity index (χ1n) is 14.7. The second-order valence-corrected chi connectivity index (χ2v) is 10.9. The predicted octanol–water partition coefficient (Wildman–Crippen LogP) is 2.50. The second-order valence-electron chi connectivity index (χ2n) is 10.9. The smallest absolute Gasteiger partial charge is 0.296 e. The molecule has 1 N–H and O–H groups in total. The average molecular weight is 600 g/mol. The monoisotopic (exact) mass is 599 g/mol. The SMILES string of the molecule is O=C(CNC(=O)[C@H]1CC[C@H](Oc2cc(-n3c(C(F)F)nc4ccccc43)nc(N3CCOCC3)n2)CC1)N1CCOCC1. The number of nitrogens with one attached hydrogen (secondary N) is 1. The van der Waals surface area contributed by atoms with Crippen LogP contribution in [0.4, 0.5) is 14.7 Å². The van der Waals surface area contributed by atoms with Crippen LogP contribution in [0.15, 0.2) is 30.3 Å². The Morgan fingerprint density at radius 3 is 2.37 bits per heavy atom. The topological polar surface area (TPSA) is 124 Å². The maximum absolute atomic E-state index is 14.1. The zero-order valence-electron chi connectivity index (χ0n) is 23.8. The van der Waals surface area contributed by atoms with E-state index in [-0.39, 0.29) is 42.1 Å². The molecule has 0 radical (unpaired) electrons. The van der Waals surface area contributed by atoms with Gasteiger partial charge in [0.2, 0.25) is 23.6 Å². The maximum Gasteiger partial charge on any atom is 0.296 e. The lowest BCUT2D eigenvalue weighted by molar-refractivity contribution is -0.137. The van der Waals surface area contributed by atoms with Crippen LogP contribution in [0.1, 0.15) is 37.9 Å².